The second kappa shape index (κ2) is 4.32. The van der Waals surface area contributed by atoms with Crippen molar-refractivity contribution in [3.05, 3.63) is 41.7 Å². The lowest BCUT2D eigenvalue weighted by atomic mass is 10.2. The van der Waals surface area contributed by atoms with E-state index in [9.17, 15) is 9.18 Å². The standard InChI is InChI=1S/C11H10FN3O2/c1-7-13-6-15(14-7)10-4-3-8(5-9(10)12)11(16)17-2/h3-6H,1-2H3. The van der Waals surface area contributed by atoms with E-state index in [0.717, 1.165) is 6.07 Å². The quantitative estimate of drug-likeness (QED) is 0.740. The van der Waals surface area contributed by atoms with Crippen LogP contribution in [0.2, 0.25) is 0 Å². The van der Waals surface area contributed by atoms with Crippen LogP contribution in [0.4, 0.5) is 4.39 Å². The molecule has 0 unspecified atom stereocenters. The predicted octanol–water partition coefficient (Wildman–Crippen LogP) is 1.50. The topological polar surface area (TPSA) is 57.0 Å². The molecule has 0 amide bonds. The summed E-state index contributed by atoms with van der Waals surface area (Å²) >= 11 is 0. The maximum Gasteiger partial charge on any atom is 0.337 e. The maximum absolute atomic E-state index is 13.7. The van der Waals surface area contributed by atoms with Crippen LogP contribution in [0.5, 0.6) is 0 Å². The van der Waals surface area contributed by atoms with Crippen LogP contribution in [-0.2, 0) is 4.74 Å². The van der Waals surface area contributed by atoms with Crippen LogP contribution < -0.4 is 0 Å². The Morgan fingerprint density at radius 1 is 1.47 bits per heavy atom. The molecule has 2 rings (SSSR count). The Balaban J connectivity index is 2.41. The zero-order chi connectivity index (χ0) is 12.4. The number of aryl methyl sites for hydroxylation is 1. The molecule has 0 aliphatic heterocycles. The van der Waals surface area contributed by atoms with Gasteiger partial charge in [-0.15, -0.1) is 0 Å². The van der Waals surface area contributed by atoms with E-state index in [1.165, 1.54) is 30.3 Å². The Labute approximate surface area is 96.9 Å². The molecule has 0 fully saturated rings. The van der Waals surface area contributed by atoms with Crippen molar-refractivity contribution < 1.29 is 13.9 Å². The molecule has 0 bridgehead atoms. The molecule has 0 aliphatic carbocycles. The molecule has 0 radical (unpaired) electrons. The molecule has 88 valence electrons. The van der Waals surface area contributed by atoms with Crippen molar-refractivity contribution in [3.8, 4) is 5.69 Å². The highest BCUT2D eigenvalue weighted by molar-refractivity contribution is 5.89. The van der Waals surface area contributed by atoms with E-state index in [1.54, 1.807) is 6.92 Å². The molecule has 0 N–H and O–H groups in total. The minimum atomic E-state index is -0.578. The minimum Gasteiger partial charge on any atom is -0.465 e. The number of aromatic nitrogens is 3. The highest BCUT2D eigenvalue weighted by Crippen LogP contribution is 2.14. The Morgan fingerprint density at radius 3 is 2.76 bits per heavy atom. The molecule has 17 heavy (non-hydrogen) atoms. The number of hydrogen-bond acceptors (Lipinski definition) is 4. The number of halogens is 1. The zero-order valence-electron chi connectivity index (χ0n) is 9.35. The van der Waals surface area contributed by atoms with Crippen LogP contribution in [0.3, 0.4) is 0 Å². The van der Waals surface area contributed by atoms with Gasteiger partial charge in [0, 0.05) is 0 Å². The summed E-state index contributed by atoms with van der Waals surface area (Å²) in [5.41, 5.74) is 0.392. The molecule has 5 nitrogen and oxygen atoms in total. The van der Waals surface area contributed by atoms with Crippen molar-refractivity contribution in [1.82, 2.24) is 14.8 Å². The fourth-order valence-electron chi connectivity index (χ4n) is 1.40. The summed E-state index contributed by atoms with van der Waals surface area (Å²) in [6.45, 7) is 1.71. The fourth-order valence-corrected chi connectivity index (χ4v) is 1.40. The van der Waals surface area contributed by atoms with E-state index in [-0.39, 0.29) is 11.3 Å². The van der Waals surface area contributed by atoms with Gasteiger partial charge in [-0.25, -0.2) is 18.9 Å². The molecule has 1 heterocycles. The van der Waals surface area contributed by atoms with Gasteiger partial charge in [-0.1, -0.05) is 0 Å². The summed E-state index contributed by atoms with van der Waals surface area (Å²) in [4.78, 5) is 15.1. The van der Waals surface area contributed by atoms with Crippen LogP contribution in [0, 0.1) is 12.7 Å². The molecule has 0 atom stereocenters. The van der Waals surface area contributed by atoms with E-state index < -0.39 is 11.8 Å². The lowest BCUT2D eigenvalue weighted by molar-refractivity contribution is 0.0600. The molecule has 2 aromatic rings. The third kappa shape index (κ3) is 2.15. The second-order valence-corrected chi connectivity index (χ2v) is 3.39. The summed E-state index contributed by atoms with van der Waals surface area (Å²) in [7, 11) is 1.24. The van der Waals surface area contributed by atoms with Crippen LogP contribution in [0.1, 0.15) is 16.2 Å². The summed E-state index contributed by atoms with van der Waals surface area (Å²) in [5.74, 6) is -0.593. The Hall–Kier alpha value is -2.24. The van der Waals surface area contributed by atoms with E-state index >= 15 is 0 Å². The van der Waals surface area contributed by atoms with Crippen molar-refractivity contribution in [2.24, 2.45) is 0 Å². The monoisotopic (exact) mass is 235 g/mol. The average molecular weight is 235 g/mol. The number of carbonyl (C=O) groups is 1. The van der Waals surface area contributed by atoms with Gasteiger partial charge in [0.15, 0.2) is 0 Å². The molecule has 6 heteroatoms. The molecule has 0 aliphatic rings. The number of methoxy groups -OCH3 is 1. The van der Waals surface area contributed by atoms with Crippen LogP contribution in [0.15, 0.2) is 24.5 Å². The Bertz CT molecular complexity index is 566. The van der Waals surface area contributed by atoms with Crippen molar-refractivity contribution in [3.63, 3.8) is 0 Å². The fraction of sp³-hybridized carbons (Fsp3) is 0.182. The van der Waals surface area contributed by atoms with E-state index in [0.29, 0.717) is 5.82 Å². The van der Waals surface area contributed by atoms with E-state index in [1.807, 2.05) is 0 Å². The van der Waals surface area contributed by atoms with Crippen molar-refractivity contribution in [2.45, 2.75) is 6.92 Å². The van der Waals surface area contributed by atoms with Gasteiger partial charge in [-0.05, 0) is 25.1 Å². The number of nitrogens with zero attached hydrogens (tertiary/aromatic N) is 3. The first-order chi connectivity index (χ1) is 8.11. The van der Waals surface area contributed by atoms with Gasteiger partial charge in [0.2, 0.25) is 0 Å². The van der Waals surface area contributed by atoms with Gasteiger partial charge in [-0.2, -0.15) is 5.10 Å². The lowest BCUT2D eigenvalue weighted by Crippen LogP contribution is -2.04. The maximum atomic E-state index is 13.7. The van der Waals surface area contributed by atoms with E-state index in [2.05, 4.69) is 14.8 Å². The number of ether oxygens (including phenoxy) is 1. The number of benzene rings is 1. The SMILES string of the molecule is COC(=O)c1ccc(-n2cnc(C)n2)c(F)c1. The Morgan fingerprint density at radius 2 is 2.24 bits per heavy atom. The third-order valence-corrected chi connectivity index (χ3v) is 2.22. The van der Waals surface area contributed by atoms with Gasteiger partial charge in [0.1, 0.15) is 23.7 Å². The summed E-state index contributed by atoms with van der Waals surface area (Å²) in [5, 5.41) is 3.99. The van der Waals surface area contributed by atoms with Crippen LogP contribution in [-0.4, -0.2) is 27.8 Å². The molecule has 1 aromatic heterocycles. The van der Waals surface area contributed by atoms with Gasteiger partial charge < -0.3 is 4.74 Å². The number of rotatable bonds is 2. The van der Waals surface area contributed by atoms with Crippen molar-refractivity contribution >= 4 is 5.97 Å². The molecule has 0 saturated carbocycles. The first kappa shape index (κ1) is 11.3. The minimum absolute atomic E-state index is 0.158. The van der Waals surface area contributed by atoms with Crippen LogP contribution in [0.25, 0.3) is 5.69 Å². The normalized spacial score (nSPS) is 10.3. The first-order valence-electron chi connectivity index (χ1n) is 4.88. The van der Waals surface area contributed by atoms with Gasteiger partial charge in [0.05, 0.1) is 12.7 Å². The van der Waals surface area contributed by atoms with Crippen LogP contribution >= 0.6 is 0 Å². The molecule has 0 saturated heterocycles. The largest absolute Gasteiger partial charge is 0.465 e. The number of hydrogen-bond donors (Lipinski definition) is 0. The zero-order valence-corrected chi connectivity index (χ0v) is 9.35. The summed E-state index contributed by atoms with van der Waals surface area (Å²) < 4.78 is 19.6. The molecular formula is C11H10FN3O2. The molecule has 1 aromatic carbocycles. The number of carbonyl (C=O) groups excluding carboxylic acids is 1. The van der Waals surface area contributed by atoms with Gasteiger partial charge >= 0.3 is 5.97 Å². The highest BCUT2D eigenvalue weighted by atomic mass is 19.1. The second-order valence-electron chi connectivity index (χ2n) is 3.39. The average Bonchev–Trinajstić information content (AvgIpc) is 2.74. The first-order valence-corrected chi connectivity index (χ1v) is 4.88. The van der Waals surface area contributed by atoms with Gasteiger partial charge in [-0.3, -0.25) is 0 Å². The number of esters is 1. The van der Waals surface area contributed by atoms with Crippen molar-refractivity contribution in [1.29, 1.82) is 0 Å². The van der Waals surface area contributed by atoms with Gasteiger partial charge in [0.25, 0.3) is 0 Å². The summed E-state index contributed by atoms with van der Waals surface area (Å²) in [6, 6.07) is 4.04. The summed E-state index contributed by atoms with van der Waals surface area (Å²) in [6.07, 6.45) is 1.41. The third-order valence-electron chi connectivity index (χ3n) is 2.22. The lowest BCUT2D eigenvalue weighted by Gasteiger charge is -2.04. The Kier molecular flexibility index (Phi) is 2.86. The van der Waals surface area contributed by atoms with E-state index in [4.69, 9.17) is 0 Å². The highest BCUT2D eigenvalue weighted by Gasteiger charge is 2.11. The molecule has 0 spiro atoms. The van der Waals surface area contributed by atoms with Crippen molar-refractivity contribution in [2.75, 3.05) is 7.11 Å². The smallest absolute Gasteiger partial charge is 0.337 e. The predicted molar refractivity (Wildman–Crippen MR) is 57.4 cm³/mol. The molecular weight excluding hydrogens is 225 g/mol.